The van der Waals surface area contributed by atoms with Gasteiger partial charge in [0.2, 0.25) is 0 Å². The zero-order valence-electron chi connectivity index (χ0n) is 32.8. The molecule has 0 aliphatic rings. The van der Waals surface area contributed by atoms with Gasteiger partial charge in [0, 0.05) is 42.1 Å². The second-order valence-electron chi connectivity index (χ2n) is 12.0. The molecular weight excluding hydrogens is 1330 g/mol. The fourth-order valence-corrected chi connectivity index (χ4v) is 15.5. The molecule has 0 aliphatic heterocycles. The first-order valence-electron chi connectivity index (χ1n) is 17.1. The summed E-state index contributed by atoms with van der Waals surface area (Å²) in [5.74, 6) is 0. The maximum atomic E-state index is 2.28. The van der Waals surface area contributed by atoms with Crippen molar-refractivity contribution in [3.05, 3.63) is 243 Å². The van der Waals surface area contributed by atoms with Crippen LogP contribution in [0.25, 0.3) is 0 Å². The van der Waals surface area contributed by atoms with Gasteiger partial charge in [-0.3, -0.25) is 0 Å². The van der Waals surface area contributed by atoms with Crippen molar-refractivity contribution >= 4 is 165 Å². The molecule has 316 valence electrons. The minimum absolute atomic E-state index is 0. The Balaban J connectivity index is -0.000000290. The van der Waals surface area contributed by atoms with Crippen molar-refractivity contribution in [2.45, 2.75) is 0 Å². The van der Waals surface area contributed by atoms with Crippen LogP contribution in [-0.2, 0) is 170 Å². The predicted molar refractivity (Wildman–Crippen MR) is 281 cm³/mol. The summed E-state index contributed by atoms with van der Waals surface area (Å²) < 4.78 is 0. The molecule has 0 atom stereocenters. The van der Waals surface area contributed by atoms with Crippen molar-refractivity contribution in [2.24, 2.45) is 0 Å². The van der Waals surface area contributed by atoms with Crippen LogP contribution in [0.1, 0.15) is 0 Å². The Morgan fingerprint density at radius 1 is 0.164 bits per heavy atom. The molecule has 13 heteroatoms. The zero-order valence-corrected chi connectivity index (χ0v) is 49.9. The van der Waals surface area contributed by atoms with Crippen molar-refractivity contribution < 1.29 is 61.6 Å². The number of rotatable bonds is 8. The molecule has 8 aromatic rings. The van der Waals surface area contributed by atoms with Crippen molar-refractivity contribution in [3.8, 4) is 0 Å². The van der Waals surface area contributed by atoms with E-state index in [2.05, 4.69) is 243 Å². The first-order chi connectivity index (χ1) is 24.8. The monoisotopic (exact) mass is 1370 g/mol. The van der Waals surface area contributed by atoms with Gasteiger partial charge in [0.05, 0.1) is 0 Å². The van der Waals surface area contributed by atoms with E-state index in [9.17, 15) is 0 Å². The van der Waals surface area contributed by atoms with Gasteiger partial charge in [0.25, 0.3) is 0 Å². The second-order valence-corrected chi connectivity index (χ2v) is 18.8. The molecule has 0 nitrogen and oxygen atoms in total. The molecule has 0 amide bonds. The Labute approximate surface area is 463 Å². The van der Waals surface area contributed by atoms with E-state index in [0.717, 1.165) is 0 Å². The molecule has 0 aliphatic carbocycles. The Morgan fingerprint density at radius 2 is 0.246 bits per heavy atom. The molecular formula is C48H40P2S8W2Zn-12. The Kier molecular flexibility index (Phi) is 40.6. The molecule has 0 bridgehead atoms. The van der Waals surface area contributed by atoms with Gasteiger partial charge in [0.15, 0.2) is 0 Å². The zero-order chi connectivity index (χ0) is 33.9. The summed E-state index contributed by atoms with van der Waals surface area (Å²) in [5.41, 5.74) is 0. The topological polar surface area (TPSA) is 0 Å². The molecule has 61 heavy (non-hydrogen) atoms. The fourth-order valence-electron chi connectivity index (χ4n) is 7.00. The Morgan fingerprint density at radius 3 is 0.328 bits per heavy atom. The number of benzene rings is 8. The third-order valence-electron chi connectivity index (χ3n) is 9.15. The quantitative estimate of drug-likeness (QED) is 0.106. The molecule has 8 aromatic carbocycles. The first kappa shape index (κ1) is 69.5. The average Bonchev–Trinajstić information content (AvgIpc) is 3.22. The van der Waals surface area contributed by atoms with Crippen LogP contribution in [0.15, 0.2) is 243 Å². The summed E-state index contributed by atoms with van der Waals surface area (Å²) in [6, 6.07) is 87.7. The fraction of sp³-hybridized carbons (Fsp3) is 0. The summed E-state index contributed by atoms with van der Waals surface area (Å²) >= 11 is 0. The minimum Gasteiger partial charge on any atom is -2.00 e. The summed E-state index contributed by atoms with van der Waals surface area (Å²) in [5, 5.41) is 11.1. The van der Waals surface area contributed by atoms with Crippen molar-refractivity contribution in [1.82, 2.24) is 0 Å². The largest absolute Gasteiger partial charge is 2.00 e. The van der Waals surface area contributed by atoms with Crippen LogP contribution >= 0.6 is 14.5 Å². The molecule has 0 aromatic heterocycles. The van der Waals surface area contributed by atoms with Gasteiger partial charge in [-0.15, -0.1) is 0 Å². The van der Waals surface area contributed by atoms with Crippen LogP contribution in [0, 0.1) is 0 Å². The molecule has 0 unspecified atom stereocenters. The van der Waals surface area contributed by atoms with Gasteiger partial charge >= 0.3 is 19.5 Å². The van der Waals surface area contributed by atoms with E-state index >= 15 is 0 Å². The van der Waals surface area contributed by atoms with E-state index in [-0.39, 0.29) is 170 Å². The Bertz CT molecular complexity index is 1720. The van der Waals surface area contributed by atoms with Crippen molar-refractivity contribution in [2.75, 3.05) is 0 Å². The number of hydrogen-bond acceptors (Lipinski definition) is 0. The van der Waals surface area contributed by atoms with E-state index in [0.29, 0.717) is 0 Å². The molecule has 0 saturated carbocycles. The Hall–Kier alpha value is -0.580. The van der Waals surface area contributed by atoms with Crippen molar-refractivity contribution in [1.29, 1.82) is 0 Å². The molecule has 0 heterocycles. The minimum atomic E-state index is -1.91. The predicted octanol–water partition coefficient (Wildman–Crippen LogP) is 8.59. The first-order valence-corrected chi connectivity index (χ1v) is 20.7. The standard InChI is InChI=1S/2C24H20P.8S.2W.Zn/c2*1-5-13-21(14-6-1)25(22-15-7-2-8-16-22,23-17-9-3-10-18-23)24-19-11-4-12-20-24;;;;;;;;;;;/h2*1-20H;;;;;;;;;;;/q2*+1;8*-2;;;+2. The normalized spacial score (nSPS) is 9.18. The van der Waals surface area contributed by atoms with E-state index < -0.39 is 14.5 Å². The SMILES string of the molecule is [S-2].[S-2].[S-2].[S-2].[S-2].[S-2].[S-2].[S-2].[W].[W].[Zn+2].c1ccc([P+](c2ccccc2)(c2ccccc2)c2ccccc2)cc1.c1ccc([P+](c2ccccc2)(c2ccccc2)c2ccccc2)cc1. The van der Waals surface area contributed by atoms with E-state index in [1.165, 1.54) is 42.4 Å². The smallest absolute Gasteiger partial charge is 2.00 e. The van der Waals surface area contributed by atoms with E-state index in [4.69, 9.17) is 0 Å². The maximum absolute atomic E-state index is 2.28. The third-order valence-corrected chi connectivity index (χ3v) is 17.7. The van der Waals surface area contributed by atoms with Crippen LogP contribution < -0.4 is 42.4 Å². The second kappa shape index (κ2) is 35.7. The van der Waals surface area contributed by atoms with Gasteiger partial charge in [-0.25, -0.2) is 0 Å². The van der Waals surface area contributed by atoms with Crippen LogP contribution in [-0.4, -0.2) is 0 Å². The van der Waals surface area contributed by atoms with Gasteiger partial charge in [-0.05, 0) is 97.1 Å². The van der Waals surface area contributed by atoms with Crippen LogP contribution in [0.3, 0.4) is 0 Å². The maximum Gasteiger partial charge on any atom is 2.00 e. The van der Waals surface area contributed by atoms with E-state index in [1.54, 1.807) is 0 Å². The molecule has 0 fully saturated rings. The summed E-state index contributed by atoms with van der Waals surface area (Å²) in [7, 11) is -3.81. The molecule has 0 N–H and O–H groups in total. The summed E-state index contributed by atoms with van der Waals surface area (Å²) in [6.07, 6.45) is 0. The molecule has 0 saturated heterocycles. The van der Waals surface area contributed by atoms with Gasteiger partial charge in [-0.2, -0.15) is 0 Å². The van der Waals surface area contributed by atoms with Crippen LogP contribution in [0.5, 0.6) is 0 Å². The third kappa shape index (κ3) is 15.8. The van der Waals surface area contributed by atoms with E-state index in [1.807, 2.05) is 0 Å². The summed E-state index contributed by atoms with van der Waals surface area (Å²) in [4.78, 5) is 0. The molecule has 8 rings (SSSR count). The van der Waals surface area contributed by atoms with Gasteiger partial charge in [0.1, 0.15) is 57.0 Å². The molecule has 0 radical (unpaired) electrons. The van der Waals surface area contributed by atoms with Gasteiger partial charge in [-0.1, -0.05) is 146 Å². The van der Waals surface area contributed by atoms with Crippen molar-refractivity contribution in [3.63, 3.8) is 0 Å². The van der Waals surface area contributed by atoms with Gasteiger partial charge < -0.3 is 108 Å². The molecule has 0 spiro atoms. The number of hydrogen-bond donors (Lipinski definition) is 0. The average molecular weight is 1370 g/mol. The van der Waals surface area contributed by atoms with Crippen LogP contribution in [0.4, 0.5) is 0 Å². The van der Waals surface area contributed by atoms with Crippen LogP contribution in [0.2, 0.25) is 0 Å². The summed E-state index contributed by atoms with van der Waals surface area (Å²) in [6.45, 7) is 0.